The lowest BCUT2D eigenvalue weighted by Gasteiger charge is -2.09. The molecule has 2 heterocycles. The molecule has 0 aliphatic rings. The van der Waals surface area contributed by atoms with Crippen LogP contribution in [0.1, 0.15) is 50.4 Å². The van der Waals surface area contributed by atoms with Crippen LogP contribution in [0.3, 0.4) is 0 Å². The van der Waals surface area contributed by atoms with Gasteiger partial charge in [-0.05, 0) is 51.0 Å². The van der Waals surface area contributed by atoms with Crippen LogP contribution >= 0.6 is 11.8 Å². The number of carbonyl (C=O) groups is 2. The van der Waals surface area contributed by atoms with Gasteiger partial charge in [0.1, 0.15) is 12.4 Å². The van der Waals surface area contributed by atoms with Crippen molar-refractivity contribution in [2.45, 2.75) is 46.0 Å². The monoisotopic (exact) mass is 468 g/mol. The van der Waals surface area contributed by atoms with E-state index in [2.05, 4.69) is 21.8 Å². The Hall–Kier alpha value is -3.33. The van der Waals surface area contributed by atoms with E-state index in [4.69, 9.17) is 9.47 Å². The number of nitrogens with zero attached hydrogens (tertiary/aromatic N) is 3. The Morgan fingerprint density at radius 3 is 2.73 bits per heavy atom. The number of rotatable bonds is 11. The first kappa shape index (κ1) is 24.3. The number of aromatic nitrogens is 4. The van der Waals surface area contributed by atoms with Crippen molar-refractivity contribution in [1.29, 1.82) is 0 Å². The standard InChI is InChI=1S/C24H28N4O4S/c1-6-11-28-20(13-32-18-10-8-9-15(3)12-18)26-27-24(28)33-14-19(29)22-16(4)21(17(5)25-22)23(30)31-7-2/h6,8-10,12,25H,1,7,11,13-14H2,2-5H3. The van der Waals surface area contributed by atoms with Gasteiger partial charge in [-0.15, -0.1) is 16.8 Å². The highest BCUT2D eigenvalue weighted by molar-refractivity contribution is 7.99. The molecule has 1 N–H and O–H groups in total. The Morgan fingerprint density at radius 1 is 1.24 bits per heavy atom. The average molecular weight is 469 g/mol. The molecule has 33 heavy (non-hydrogen) atoms. The average Bonchev–Trinajstić information content (AvgIpc) is 3.30. The summed E-state index contributed by atoms with van der Waals surface area (Å²) in [6.07, 6.45) is 1.75. The second-order valence-electron chi connectivity index (χ2n) is 7.46. The van der Waals surface area contributed by atoms with Gasteiger partial charge in [0, 0.05) is 12.2 Å². The lowest BCUT2D eigenvalue weighted by atomic mass is 10.1. The SMILES string of the molecule is C=CCn1c(COc2cccc(C)c2)nnc1SCC(=O)c1[nH]c(C)c(C(=O)OCC)c1C. The summed E-state index contributed by atoms with van der Waals surface area (Å²) >= 11 is 1.28. The van der Waals surface area contributed by atoms with Gasteiger partial charge in [0.25, 0.3) is 0 Å². The Kier molecular flexibility index (Phi) is 8.11. The Labute approximate surface area is 197 Å². The van der Waals surface area contributed by atoms with Crippen LogP contribution < -0.4 is 4.74 Å². The zero-order valence-electron chi connectivity index (χ0n) is 19.3. The number of aromatic amines is 1. The second-order valence-corrected chi connectivity index (χ2v) is 8.40. The van der Waals surface area contributed by atoms with E-state index >= 15 is 0 Å². The number of H-pyrrole nitrogens is 1. The highest BCUT2D eigenvalue weighted by atomic mass is 32.2. The number of benzene rings is 1. The Balaban J connectivity index is 1.71. The fourth-order valence-corrected chi connectivity index (χ4v) is 4.28. The third-order valence-corrected chi connectivity index (χ3v) is 5.96. The molecule has 0 bridgehead atoms. The van der Waals surface area contributed by atoms with E-state index in [-0.39, 0.29) is 24.7 Å². The first-order chi connectivity index (χ1) is 15.8. The number of thioether (sulfide) groups is 1. The Bertz CT molecular complexity index is 1170. The molecule has 0 radical (unpaired) electrons. The van der Waals surface area contributed by atoms with Gasteiger partial charge in [-0.2, -0.15) is 0 Å². The zero-order valence-corrected chi connectivity index (χ0v) is 20.1. The normalized spacial score (nSPS) is 10.8. The van der Waals surface area contributed by atoms with E-state index in [1.165, 1.54) is 11.8 Å². The van der Waals surface area contributed by atoms with Gasteiger partial charge in [-0.1, -0.05) is 30.0 Å². The molecule has 0 amide bonds. The third kappa shape index (κ3) is 5.73. The van der Waals surface area contributed by atoms with E-state index in [0.717, 1.165) is 11.3 Å². The first-order valence-corrected chi connectivity index (χ1v) is 11.6. The van der Waals surface area contributed by atoms with Crippen molar-refractivity contribution in [1.82, 2.24) is 19.7 Å². The maximum atomic E-state index is 12.9. The van der Waals surface area contributed by atoms with Gasteiger partial charge < -0.3 is 14.5 Å². The molecular weight excluding hydrogens is 440 g/mol. The predicted molar refractivity (Wildman–Crippen MR) is 127 cm³/mol. The lowest BCUT2D eigenvalue weighted by Crippen LogP contribution is -2.10. The van der Waals surface area contributed by atoms with Crippen molar-refractivity contribution in [2.24, 2.45) is 0 Å². The van der Waals surface area contributed by atoms with Crippen molar-refractivity contribution in [3.8, 4) is 5.75 Å². The number of hydrogen-bond acceptors (Lipinski definition) is 7. The molecule has 0 unspecified atom stereocenters. The zero-order chi connectivity index (χ0) is 24.0. The van der Waals surface area contributed by atoms with Gasteiger partial charge in [-0.3, -0.25) is 9.36 Å². The summed E-state index contributed by atoms with van der Waals surface area (Å²) in [7, 11) is 0. The molecule has 0 spiro atoms. The first-order valence-electron chi connectivity index (χ1n) is 10.6. The number of esters is 1. The third-order valence-electron chi connectivity index (χ3n) is 4.99. The molecule has 3 rings (SSSR count). The lowest BCUT2D eigenvalue weighted by molar-refractivity contribution is 0.0525. The van der Waals surface area contributed by atoms with Crippen LogP contribution in [-0.2, 0) is 17.9 Å². The van der Waals surface area contributed by atoms with Gasteiger partial charge in [-0.25, -0.2) is 4.79 Å². The summed E-state index contributed by atoms with van der Waals surface area (Å²) < 4.78 is 12.8. The predicted octanol–water partition coefficient (Wildman–Crippen LogP) is 4.45. The quantitative estimate of drug-likeness (QED) is 0.192. The number of aryl methyl sites for hydroxylation is 2. The summed E-state index contributed by atoms with van der Waals surface area (Å²) in [6, 6.07) is 7.78. The molecule has 0 fully saturated rings. The summed E-state index contributed by atoms with van der Waals surface area (Å²) in [5.41, 5.74) is 3.13. The molecular formula is C24H28N4O4S. The minimum absolute atomic E-state index is 0.136. The second kappa shape index (κ2) is 11.0. The van der Waals surface area contributed by atoms with Crippen LogP contribution in [0.25, 0.3) is 0 Å². The van der Waals surface area contributed by atoms with Crippen LogP contribution in [-0.4, -0.2) is 43.9 Å². The molecule has 1 aromatic carbocycles. The highest BCUT2D eigenvalue weighted by Gasteiger charge is 2.23. The molecule has 3 aromatic rings. The molecule has 2 aromatic heterocycles. The Morgan fingerprint density at radius 2 is 2.03 bits per heavy atom. The molecule has 0 atom stereocenters. The maximum Gasteiger partial charge on any atom is 0.340 e. The molecule has 174 valence electrons. The van der Waals surface area contributed by atoms with Gasteiger partial charge in [0.05, 0.1) is 23.6 Å². The van der Waals surface area contributed by atoms with Crippen molar-refractivity contribution in [2.75, 3.05) is 12.4 Å². The van der Waals surface area contributed by atoms with E-state index in [1.54, 1.807) is 26.8 Å². The molecule has 0 aliphatic heterocycles. The van der Waals surface area contributed by atoms with E-state index in [0.29, 0.717) is 40.0 Å². The van der Waals surface area contributed by atoms with Crippen LogP contribution in [0.15, 0.2) is 42.1 Å². The van der Waals surface area contributed by atoms with Crippen molar-refractivity contribution < 1.29 is 19.1 Å². The van der Waals surface area contributed by atoms with Crippen LogP contribution in [0, 0.1) is 20.8 Å². The molecule has 0 saturated heterocycles. The molecule has 0 aliphatic carbocycles. The summed E-state index contributed by atoms with van der Waals surface area (Å²) in [5, 5.41) is 9.08. The van der Waals surface area contributed by atoms with Gasteiger partial charge >= 0.3 is 5.97 Å². The van der Waals surface area contributed by atoms with Crippen LogP contribution in [0.4, 0.5) is 0 Å². The smallest absolute Gasteiger partial charge is 0.340 e. The number of carbonyl (C=O) groups excluding carboxylic acids is 2. The number of ether oxygens (including phenoxy) is 2. The number of Topliss-reactive ketones (excluding diaryl/α,β-unsaturated/α-hetero) is 1. The van der Waals surface area contributed by atoms with E-state index in [9.17, 15) is 9.59 Å². The van der Waals surface area contributed by atoms with Crippen LogP contribution in [0.2, 0.25) is 0 Å². The summed E-state index contributed by atoms with van der Waals surface area (Å²) in [6.45, 7) is 12.1. The fourth-order valence-electron chi connectivity index (χ4n) is 3.44. The van der Waals surface area contributed by atoms with Gasteiger partial charge in [0.15, 0.2) is 16.8 Å². The number of hydrogen-bond donors (Lipinski definition) is 1. The molecule has 8 nitrogen and oxygen atoms in total. The minimum atomic E-state index is -0.431. The van der Waals surface area contributed by atoms with E-state index in [1.807, 2.05) is 35.8 Å². The summed E-state index contributed by atoms with van der Waals surface area (Å²) in [4.78, 5) is 28.1. The summed E-state index contributed by atoms with van der Waals surface area (Å²) in [5.74, 6) is 0.962. The molecule has 0 saturated carbocycles. The topological polar surface area (TPSA) is 99.1 Å². The largest absolute Gasteiger partial charge is 0.486 e. The van der Waals surface area contributed by atoms with Crippen LogP contribution in [0.5, 0.6) is 5.75 Å². The van der Waals surface area contributed by atoms with E-state index < -0.39 is 5.97 Å². The number of nitrogens with one attached hydrogen (secondary N) is 1. The minimum Gasteiger partial charge on any atom is -0.486 e. The molecule has 9 heteroatoms. The van der Waals surface area contributed by atoms with Crippen molar-refractivity contribution in [3.63, 3.8) is 0 Å². The fraction of sp³-hybridized carbons (Fsp3) is 0.333. The highest BCUT2D eigenvalue weighted by Crippen LogP contribution is 2.24. The number of allylic oxidation sites excluding steroid dienone is 1. The van der Waals surface area contributed by atoms with Gasteiger partial charge in [0.2, 0.25) is 0 Å². The van der Waals surface area contributed by atoms with Crippen molar-refractivity contribution in [3.05, 3.63) is 70.8 Å². The number of ketones is 1. The van der Waals surface area contributed by atoms with Crippen molar-refractivity contribution >= 4 is 23.5 Å². The maximum absolute atomic E-state index is 12.9.